The first kappa shape index (κ1) is 21.0. The molecular formula is C16H30O6. The Bertz CT molecular complexity index is 328. The fourth-order valence-electron chi connectivity index (χ4n) is 1.46. The third-order valence-corrected chi connectivity index (χ3v) is 2.86. The van der Waals surface area contributed by atoms with Crippen molar-refractivity contribution in [1.29, 1.82) is 0 Å². The van der Waals surface area contributed by atoms with E-state index in [1.54, 1.807) is 26.8 Å². The van der Waals surface area contributed by atoms with Gasteiger partial charge >= 0.3 is 5.97 Å². The second-order valence-corrected chi connectivity index (χ2v) is 6.02. The topological polar surface area (TPSA) is 74.2 Å². The molecular weight excluding hydrogens is 288 g/mol. The van der Waals surface area contributed by atoms with Crippen molar-refractivity contribution in [3.05, 3.63) is 12.7 Å². The number of hydrogen-bond donors (Lipinski definition) is 1. The summed E-state index contributed by atoms with van der Waals surface area (Å²) in [5.41, 5.74) is -1.05. The Morgan fingerprint density at radius 3 is 2.55 bits per heavy atom. The second kappa shape index (κ2) is 9.94. The van der Waals surface area contributed by atoms with Gasteiger partial charge in [-0.3, -0.25) is 0 Å². The van der Waals surface area contributed by atoms with E-state index in [9.17, 15) is 4.79 Å². The maximum Gasteiger partial charge on any atom is 0.337 e. The molecule has 0 aliphatic carbocycles. The largest absolute Gasteiger partial charge is 0.464 e. The predicted octanol–water partition coefficient (Wildman–Crippen LogP) is 1.70. The van der Waals surface area contributed by atoms with Crippen molar-refractivity contribution < 1.29 is 28.8 Å². The standard InChI is InChI=1S/C9H16O3.C7H14O3/c1-5-7-12-9(3,4)8(10)11-6-2;1-7(2)5-9-6(3-8)4-10-7/h5H,1,6-7H2,2-4H3;6,8H,3-5H2,1-2H3. The third kappa shape index (κ3) is 8.48. The molecule has 0 aromatic rings. The normalized spacial score (nSPS) is 20.5. The summed E-state index contributed by atoms with van der Waals surface area (Å²) in [5, 5.41) is 8.66. The summed E-state index contributed by atoms with van der Waals surface area (Å²) in [7, 11) is 0. The van der Waals surface area contributed by atoms with Gasteiger partial charge in [0, 0.05) is 0 Å². The summed E-state index contributed by atoms with van der Waals surface area (Å²) in [5.74, 6) is -0.341. The summed E-state index contributed by atoms with van der Waals surface area (Å²) in [6.45, 7) is 14.4. The molecule has 6 nitrogen and oxygen atoms in total. The first-order valence-corrected chi connectivity index (χ1v) is 7.47. The van der Waals surface area contributed by atoms with Crippen LogP contribution in [-0.4, -0.2) is 61.4 Å². The van der Waals surface area contributed by atoms with Crippen molar-refractivity contribution in [2.24, 2.45) is 0 Å². The van der Waals surface area contributed by atoms with Gasteiger partial charge in [0.15, 0.2) is 5.60 Å². The van der Waals surface area contributed by atoms with Gasteiger partial charge in [0.2, 0.25) is 0 Å². The number of carbonyl (C=O) groups excluding carboxylic acids is 1. The van der Waals surface area contributed by atoms with Gasteiger partial charge in [-0.05, 0) is 34.6 Å². The smallest absolute Gasteiger partial charge is 0.337 e. The highest BCUT2D eigenvalue weighted by atomic mass is 16.6. The van der Waals surface area contributed by atoms with Crippen molar-refractivity contribution >= 4 is 5.97 Å². The average Bonchev–Trinajstić information content (AvgIpc) is 2.46. The molecule has 1 saturated heterocycles. The van der Waals surface area contributed by atoms with Crippen molar-refractivity contribution in [3.8, 4) is 0 Å². The van der Waals surface area contributed by atoms with Crippen molar-refractivity contribution in [2.45, 2.75) is 51.9 Å². The average molecular weight is 318 g/mol. The molecule has 1 aliphatic heterocycles. The molecule has 1 rings (SSSR count). The van der Waals surface area contributed by atoms with Crippen molar-refractivity contribution in [3.63, 3.8) is 0 Å². The van der Waals surface area contributed by atoms with Crippen LogP contribution in [-0.2, 0) is 23.7 Å². The van der Waals surface area contributed by atoms with Gasteiger partial charge in [-0.25, -0.2) is 4.79 Å². The van der Waals surface area contributed by atoms with E-state index in [1.165, 1.54) is 0 Å². The second-order valence-electron chi connectivity index (χ2n) is 6.02. The molecule has 1 fully saturated rings. The Morgan fingerprint density at radius 2 is 2.14 bits per heavy atom. The minimum atomic E-state index is -0.871. The summed E-state index contributed by atoms with van der Waals surface area (Å²) >= 11 is 0. The van der Waals surface area contributed by atoms with Crippen LogP contribution in [0.25, 0.3) is 0 Å². The molecule has 0 aromatic heterocycles. The fourth-order valence-corrected chi connectivity index (χ4v) is 1.46. The van der Waals surface area contributed by atoms with Crippen LogP contribution in [0.5, 0.6) is 0 Å². The lowest BCUT2D eigenvalue weighted by Gasteiger charge is -2.34. The van der Waals surface area contributed by atoms with Crippen LogP contribution in [0.3, 0.4) is 0 Å². The minimum Gasteiger partial charge on any atom is -0.464 e. The molecule has 130 valence electrons. The molecule has 1 N–H and O–H groups in total. The molecule has 1 heterocycles. The Balaban J connectivity index is 0.000000406. The number of esters is 1. The van der Waals surface area contributed by atoms with Crippen LogP contribution in [0, 0.1) is 0 Å². The van der Waals surface area contributed by atoms with Gasteiger partial charge in [0.05, 0.1) is 38.6 Å². The van der Waals surface area contributed by atoms with Gasteiger partial charge in [-0.15, -0.1) is 6.58 Å². The van der Waals surface area contributed by atoms with E-state index >= 15 is 0 Å². The zero-order valence-electron chi connectivity index (χ0n) is 14.4. The maximum absolute atomic E-state index is 11.2. The van der Waals surface area contributed by atoms with E-state index in [4.69, 9.17) is 24.1 Å². The summed E-state index contributed by atoms with van der Waals surface area (Å²) in [6.07, 6.45) is 1.48. The van der Waals surface area contributed by atoms with Crippen LogP contribution < -0.4 is 0 Å². The van der Waals surface area contributed by atoms with Gasteiger partial charge in [0.1, 0.15) is 6.10 Å². The van der Waals surface area contributed by atoms with Crippen LogP contribution in [0.2, 0.25) is 0 Å². The van der Waals surface area contributed by atoms with Crippen LogP contribution >= 0.6 is 0 Å². The lowest BCUT2D eigenvalue weighted by atomic mass is 10.1. The summed E-state index contributed by atoms with van der Waals surface area (Å²) in [6, 6.07) is 0. The van der Waals surface area contributed by atoms with E-state index in [1.807, 2.05) is 13.8 Å². The number of aliphatic hydroxyl groups excluding tert-OH is 1. The lowest BCUT2D eigenvalue weighted by Crippen LogP contribution is -2.43. The fraction of sp³-hybridized carbons (Fsp3) is 0.812. The lowest BCUT2D eigenvalue weighted by molar-refractivity contribution is -0.183. The molecule has 22 heavy (non-hydrogen) atoms. The zero-order chi connectivity index (χ0) is 17.2. The number of carbonyl (C=O) groups is 1. The molecule has 1 unspecified atom stereocenters. The van der Waals surface area contributed by atoms with Crippen molar-refractivity contribution in [1.82, 2.24) is 0 Å². The third-order valence-electron chi connectivity index (χ3n) is 2.86. The highest BCUT2D eigenvalue weighted by molar-refractivity contribution is 5.78. The Morgan fingerprint density at radius 1 is 1.50 bits per heavy atom. The quantitative estimate of drug-likeness (QED) is 0.593. The minimum absolute atomic E-state index is 0.0517. The SMILES string of the molecule is C=CCOC(C)(C)C(=O)OCC.CC1(C)COC(CO)CO1. The molecule has 0 amide bonds. The van der Waals surface area contributed by atoms with E-state index in [0.717, 1.165) is 0 Å². The van der Waals surface area contributed by atoms with Gasteiger partial charge in [-0.2, -0.15) is 0 Å². The van der Waals surface area contributed by atoms with E-state index in [2.05, 4.69) is 6.58 Å². The maximum atomic E-state index is 11.2. The van der Waals surface area contributed by atoms with E-state index in [-0.39, 0.29) is 24.3 Å². The summed E-state index contributed by atoms with van der Waals surface area (Å²) < 4.78 is 20.7. The van der Waals surface area contributed by atoms with E-state index < -0.39 is 5.60 Å². The number of hydrogen-bond acceptors (Lipinski definition) is 6. The first-order valence-electron chi connectivity index (χ1n) is 7.47. The van der Waals surface area contributed by atoms with Crippen LogP contribution in [0.4, 0.5) is 0 Å². The molecule has 0 bridgehead atoms. The molecule has 1 aliphatic rings. The number of rotatable bonds is 6. The molecule has 0 saturated carbocycles. The first-order chi connectivity index (χ1) is 10.2. The molecule has 0 spiro atoms. The molecule has 6 heteroatoms. The highest BCUT2D eigenvalue weighted by Gasteiger charge is 2.29. The Kier molecular flexibility index (Phi) is 9.51. The number of aliphatic hydroxyl groups is 1. The number of ether oxygens (including phenoxy) is 4. The van der Waals surface area contributed by atoms with Gasteiger partial charge < -0.3 is 24.1 Å². The summed E-state index contributed by atoms with van der Waals surface area (Å²) in [4.78, 5) is 11.2. The van der Waals surface area contributed by atoms with Crippen LogP contribution in [0.1, 0.15) is 34.6 Å². The van der Waals surface area contributed by atoms with E-state index in [0.29, 0.717) is 26.4 Å². The predicted molar refractivity (Wildman–Crippen MR) is 83.7 cm³/mol. The van der Waals surface area contributed by atoms with Crippen LogP contribution in [0.15, 0.2) is 12.7 Å². The van der Waals surface area contributed by atoms with Gasteiger partial charge in [0.25, 0.3) is 0 Å². The van der Waals surface area contributed by atoms with Gasteiger partial charge in [-0.1, -0.05) is 6.08 Å². The zero-order valence-corrected chi connectivity index (χ0v) is 14.4. The van der Waals surface area contributed by atoms with Crippen molar-refractivity contribution in [2.75, 3.05) is 33.0 Å². The molecule has 1 atom stereocenters. The highest BCUT2D eigenvalue weighted by Crippen LogP contribution is 2.16. The Labute approximate surface area is 133 Å². The molecule has 0 radical (unpaired) electrons. The molecule has 0 aromatic carbocycles. The Hall–Kier alpha value is -0.950. The monoisotopic (exact) mass is 318 g/mol.